The van der Waals surface area contributed by atoms with Crippen LogP contribution in [0.3, 0.4) is 0 Å². The average Bonchev–Trinajstić information content (AvgIpc) is 3.13. The Morgan fingerprint density at radius 1 is 1.15 bits per heavy atom. The van der Waals surface area contributed by atoms with Crippen molar-refractivity contribution in [2.45, 2.75) is 5.75 Å². The fourth-order valence-corrected chi connectivity index (χ4v) is 5.59. The first-order valence-electron chi connectivity index (χ1n) is 8.29. The summed E-state index contributed by atoms with van der Waals surface area (Å²) in [6.45, 7) is 1.79. The Hall–Kier alpha value is -1.81. The Kier molecular flexibility index (Phi) is 5.02. The van der Waals surface area contributed by atoms with E-state index in [2.05, 4.69) is 14.9 Å². The molecule has 0 atom stereocenters. The molecule has 0 unspecified atom stereocenters. The van der Waals surface area contributed by atoms with Gasteiger partial charge in [0.25, 0.3) is 0 Å². The van der Waals surface area contributed by atoms with Crippen LogP contribution in [0, 0.1) is 5.82 Å². The number of piperazine rings is 1. The summed E-state index contributed by atoms with van der Waals surface area (Å²) in [6, 6.07) is 6.02. The van der Waals surface area contributed by atoms with Gasteiger partial charge in [0.1, 0.15) is 18.0 Å². The minimum atomic E-state index is -3.54. The number of fused-ring (bicyclic) bond motifs is 1. The van der Waals surface area contributed by atoms with Crippen molar-refractivity contribution in [3.05, 3.63) is 52.4 Å². The molecule has 0 saturated carbocycles. The lowest BCUT2D eigenvalue weighted by Crippen LogP contribution is -2.49. The predicted octanol–water partition coefficient (Wildman–Crippen LogP) is 3.14. The minimum Gasteiger partial charge on any atom is -0.353 e. The van der Waals surface area contributed by atoms with Gasteiger partial charge < -0.3 is 4.90 Å². The zero-order valence-electron chi connectivity index (χ0n) is 14.2. The average molecular weight is 427 g/mol. The third kappa shape index (κ3) is 3.77. The highest BCUT2D eigenvalue weighted by molar-refractivity contribution is 7.88. The first-order valence-corrected chi connectivity index (χ1v) is 11.2. The molecule has 1 fully saturated rings. The molecule has 3 aromatic rings. The third-order valence-corrected chi connectivity index (χ3v) is 7.55. The van der Waals surface area contributed by atoms with Crippen molar-refractivity contribution in [1.29, 1.82) is 0 Å². The fraction of sp³-hybridized carbons (Fsp3) is 0.294. The van der Waals surface area contributed by atoms with Gasteiger partial charge in [-0.3, -0.25) is 0 Å². The van der Waals surface area contributed by atoms with Crippen LogP contribution >= 0.6 is 22.9 Å². The SMILES string of the molecule is O=S(=O)(Cc1ccc(Cl)c(F)c1)N1CCN(c2ncnc3ccsc23)CC1. The fourth-order valence-electron chi connectivity index (χ4n) is 3.11. The van der Waals surface area contributed by atoms with Gasteiger partial charge in [0.15, 0.2) is 0 Å². The van der Waals surface area contributed by atoms with E-state index in [1.54, 1.807) is 11.3 Å². The first kappa shape index (κ1) is 18.5. The molecule has 1 aliphatic heterocycles. The van der Waals surface area contributed by atoms with Crippen molar-refractivity contribution in [2.75, 3.05) is 31.1 Å². The molecule has 0 radical (unpaired) electrons. The van der Waals surface area contributed by atoms with Gasteiger partial charge in [0.2, 0.25) is 10.0 Å². The number of thiophene rings is 1. The Bertz CT molecular complexity index is 1080. The van der Waals surface area contributed by atoms with Gasteiger partial charge >= 0.3 is 0 Å². The van der Waals surface area contributed by atoms with E-state index in [0.717, 1.165) is 16.0 Å². The number of aromatic nitrogens is 2. The maximum absolute atomic E-state index is 13.6. The molecule has 0 N–H and O–H groups in total. The van der Waals surface area contributed by atoms with Gasteiger partial charge in [0.05, 0.1) is 21.0 Å². The van der Waals surface area contributed by atoms with Crippen LogP contribution in [0.4, 0.5) is 10.2 Å². The summed E-state index contributed by atoms with van der Waals surface area (Å²) < 4.78 is 41.4. The topological polar surface area (TPSA) is 66.4 Å². The first-order chi connectivity index (χ1) is 12.9. The van der Waals surface area contributed by atoms with Gasteiger partial charge in [-0.2, -0.15) is 4.31 Å². The predicted molar refractivity (Wildman–Crippen MR) is 105 cm³/mol. The van der Waals surface area contributed by atoms with E-state index in [1.165, 1.54) is 28.8 Å². The van der Waals surface area contributed by atoms with Gasteiger partial charge in [-0.1, -0.05) is 17.7 Å². The van der Waals surface area contributed by atoms with Crippen LogP contribution in [0.5, 0.6) is 0 Å². The summed E-state index contributed by atoms with van der Waals surface area (Å²) in [5.74, 6) is -0.0197. The number of sulfonamides is 1. The molecule has 142 valence electrons. The third-order valence-electron chi connectivity index (χ3n) is 4.49. The second-order valence-corrected chi connectivity index (χ2v) is 9.52. The van der Waals surface area contributed by atoms with E-state index in [0.29, 0.717) is 31.7 Å². The summed E-state index contributed by atoms with van der Waals surface area (Å²) >= 11 is 7.23. The van der Waals surface area contributed by atoms with Crippen LogP contribution in [0.1, 0.15) is 5.56 Å². The van der Waals surface area contributed by atoms with Gasteiger partial charge in [-0.15, -0.1) is 11.3 Å². The molecule has 0 aliphatic carbocycles. The number of rotatable bonds is 4. The standard InChI is InChI=1S/C17H16ClFN4O2S2/c18-13-2-1-12(9-14(13)19)10-27(24,25)23-6-4-22(5-7-23)17-16-15(3-8-26-16)20-11-21-17/h1-3,8-9,11H,4-7,10H2. The van der Waals surface area contributed by atoms with Crippen LogP contribution in [0.2, 0.25) is 5.02 Å². The number of benzene rings is 1. The molecule has 27 heavy (non-hydrogen) atoms. The van der Waals surface area contributed by atoms with Gasteiger partial charge in [-0.25, -0.2) is 22.8 Å². The van der Waals surface area contributed by atoms with Crippen LogP contribution in [-0.2, 0) is 15.8 Å². The van der Waals surface area contributed by atoms with Crippen molar-refractivity contribution in [1.82, 2.24) is 14.3 Å². The molecule has 6 nitrogen and oxygen atoms in total. The summed E-state index contributed by atoms with van der Waals surface area (Å²) in [5, 5.41) is 1.95. The largest absolute Gasteiger partial charge is 0.353 e. The molecule has 0 bridgehead atoms. The Morgan fingerprint density at radius 2 is 1.93 bits per heavy atom. The smallest absolute Gasteiger partial charge is 0.218 e. The molecule has 3 heterocycles. The van der Waals surface area contributed by atoms with E-state index in [1.807, 2.05) is 11.4 Å². The second-order valence-electron chi connectivity index (χ2n) is 6.22. The van der Waals surface area contributed by atoms with E-state index in [9.17, 15) is 12.8 Å². The highest BCUT2D eigenvalue weighted by Gasteiger charge is 2.28. The lowest BCUT2D eigenvalue weighted by Gasteiger charge is -2.34. The second kappa shape index (κ2) is 7.31. The van der Waals surface area contributed by atoms with Crippen LogP contribution in [0.15, 0.2) is 36.0 Å². The molecule has 1 saturated heterocycles. The van der Waals surface area contributed by atoms with Crippen molar-refractivity contribution in [3.8, 4) is 0 Å². The normalized spacial score (nSPS) is 16.1. The minimum absolute atomic E-state index is 0.0190. The summed E-state index contributed by atoms with van der Waals surface area (Å²) in [5.41, 5.74) is 1.28. The molecule has 0 amide bonds. The van der Waals surface area contributed by atoms with Crippen LogP contribution in [-0.4, -0.2) is 48.9 Å². The zero-order chi connectivity index (χ0) is 19.0. The van der Waals surface area contributed by atoms with E-state index in [4.69, 9.17) is 11.6 Å². The number of halogens is 2. The van der Waals surface area contributed by atoms with Crippen molar-refractivity contribution < 1.29 is 12.8 Å². The number of hydrogen-bond acceptors (Lipinski definition) is 6. The van der Waals surface area contributed by atoms with E-state index >= 15 is 0 Å². The van der Waals surface area contributed by atoms with Crippen molar-refractivity contribution >= 4 is 49.0 Å². The maximum atomic E-state index is 13.6. The number of hydrogen-bond donors (Lipinski definition) is 0. The quantitative estimate of drug-likeness (QED) is 0.641. The molecule has 4 rings (SSSR count). The molecule has 10 heteroatoms. The molecule has 1 aromatic carbocycles. The van der Waals surface area contributed by atoms with Gasteiger partial charge in [-0.05, 0) is 29.1 Å². The highest BCUT2D eigenvalue weighted by atomic mass is 35.5. The lowest BCUT2D eigenvalue weighted by atomic mass is 10.2. The molecular weight excluding hydrogens is 411 g/mol. The van der Waals surface area contributed by atoms with Crippen molar-refractivity contribution in [2.24, 2.45) is 0 Å². The van der Waals surface area contributed by atoms with E-state index < -0.39 is 15.8 Å². The Balaban J connectivity index is 1.46. The number of nitrogens with zero attached hydrogens (tertiary/aromatic N) is 4. The van der Waals surface area contributed by atoms with E-state index in [-0.39, 0.29) is 10.8 Å². The highest BCUT2D eigenvalue weighted by Crippen LogP contribution is 2.29. The summed E-state index contributed by atoms with van der Waals surface area (Å²) in [4.78, 5) is 10.7. The Labute approximate surface area is 165 Å². The van der Waals surface area contributed by atoms with Gasteiger partial charge in [0, 0.05) is 26.2 Å². The molecule has 2 aromatic heterocycles. The van der Waals surface area contributed by atoms with Crippen molar-refractivity contribution in [3.63, 3.8) is 0 Å². The van der Waals surface area contributed by atoms with Crippen LogP contribution in [0.25, 0.3) is 10.2 Å². The summed E-state index contributed by atoms with van der Waals surface area (Å²) in [7, 11) is -3.54. The zero-order valence-corrected chi connectivity index (χ0v) is 16.6. The lowest BCUT2D eigenvalue weighted by molar-refractivity contribution is 0.383. The number of anilines is 1. The van der Waals surface area contributed by atoms with Crippen LogP contribution < -0.4 is 4.90 Å². The Morgan fingerprint density at radius 3 is 2.67 bits per heavy atom. The maximum Gasteiger partial charge on any atom is 0.218 e. The molecular formula is C17H16ClFN4O2S2. The monoisotopic (exact) mass is 426 g/mol. The molecule has 1 aliphatic rings. The summed E-state index contributed by atoms with van der Waals surface area (Å²) in [6.07, 6.45) is 1.53. The molecule has 0 spiro atoms.